The van der Waals surface area contributed by atoms with Crippen LogP contribution in [0.25, 0.3) is 5.78 Å². The zero-order valence-corrected chi connectivity index (χ0v) is 8.14. The van der Waals surface area contributed by atoms with Gasteiger partial charge in [-0.15, -0.1) is 0 Å². The molecule has 0 bridgehead atoms. The van der Waals surface area contributed by atoms with Crippen LogP contribution in [0.15, 0.2) is 12.4 Å². The molecule has 0 aliphatic rings. The minimum atomic E-state index is 0.457. The van der Waals surface area contributed by atoms with Crippen LogP contribution < -0.4 is 5.73 Å². The third-order valence-corrected chi connectivity index (χ3v) is 2.09. The molecule has 5 heteroatoms. The molecule has 0 saturated carbocycles. The molecule has 0 unspecified atom stereocenters. The van der Waals surface area contributed by atoms with Gasteiger partial charge in [0.1, 0.15) is 6.33 Å². The normalized spacial score (nSPS) is 11.0. The maximum atomic E-state index is 5.62. The van der Waals surface area contributed by atoms with Gasteiger partial charge in [-0.25, -0.2) is 9.50 Å². The van der Waals surface area contributed by atoms with E-state index in [9.17, 15) is 0 Å². The molecule has 0 aliphatic heterocycles. The second-order valence-corrected chi connectivity index (χ2v) is 3.16. The van der Waals surface area contributed by atoms with Crippen LogP contribution in [0.4, 0.5) is 0 Å². The molecule has 2 rings (SSSR count). The van der Waals surface area contributed by atoms with Crippen molar-refractivity contribution in [2.75, 3.05) is 0 Å². The van der Waals surface area contributed by atoms with Crippen molar-refractivity contribution in [3.63, 3.8) is 0 Å². The van der Waals surface area contributed by atoms with Crippen molar-refractivity contribution in [2.24, 2.45) is 5.73 Å². The minimum absolute atomic E-state index is 0.457. The predicted molar refractivity (Wildman–Crippen MR) is 52.7 cm³/mol. The molecule has 2 N–H and O–H groups in total. The molecule has 0 amide bonds. The van der Waals surface area contributed by atoms with Crippen LogP contribution in [0.3, 0.4) is 0 Å². The topological polar surface area (TPSA) is 69.1 Å². The molecule has 0 atom stereocenters. The number of hydrogen-bond donors (Lipinski definition) is 1. The number of rotatable bonds is 3. The van der Waals surface area contributed by atoms with Gasteiger partial charge in [0.05, 0.1) is 5.69 Å². The molecule has 5 nitrogen and oxygen atoms in total. The van der Waals surface area contributed by atoms with Crippen LogP contribution in [-0.4, -0.2) is 19.6 Å². The lowest BCUT2D eigenvalue weighted by Gasteiger charge is -2.03. The van der Waals surface area contributed by atoms with E-state index in [1.54, 1.807) is 4.52 Å². The van der Waals surface area contributed by atoms with Gasteiger partial charge in [-0.3, -0.25) is 0 Å². The van der Waals surface area contributed by atoms with Crippen LogP contribution in [0.1, 0.15) is 24.7 Å². The number of hydrogen-bond acceptors (Lipinski definition) is 4. The van der Waals surface area contributed by atoms with E-state index in [1.807, 2.05) is 6.07 Å². The average Bonchev–Trinajstić information content (AvgIpc) is 2.65. The summed E-state index contributed by atoms with van der Waals surface area (Å²) < 4.78 is 1.68. The number of aromatic nitrogens is 4. The third-order valence-electron chi connectivity index (χ3n) is 2.09. The molecular formula is C9H13N5. The SMILES string of the molecule is CCCc1cc(CN)n2ncnc2n1. The van der Waals surface area contributed by atoms with E-state index < -0.39 is 0 Å². The Balaban J connectivity index is 2.55. The molecule has 2 aromatic rings. The van der Waals surface area contributed by atoms with E-state index in [-0.39, 0.29) is 0 Å². The molecule has 2 aromatic heterocycles. The van der Waals surface area contributed by atoms with Gasteiger partial charge in [0.25, 0.3) is 5.78 Å². The van der Waals surface area contributed by atoms with Crippen molar-refractivity contribution in [3.8, 4) is 0 Å². The van der Waals surface area contributed by atoms with Crippen LogP contribution in [0.5, 0.6) is 0 Å². The summed E-state index contributed by atoms with van der Waals surface area (Å²) in [5, 5.41) is 4.05. The lowest BCUT2D eigenvalue weighted by molar-refractivity contribution is 0.802. The van der Waals surface area contributed by atoms with Gasteiger partial charge in [0.2, 0.25) is 0 Å². The Morgan fingerprint density at radius 3 is 3.07 bits per heavy atom. The fraction of sp³-hybridized carbons (Fsp3) is 0.444. The van der Waals surface area contributed by atoms with Gasteiger partial charge < -0.3 is 5.73 Å². The van der Waals surface area contributed by atoms with Gasteiger partial charge in [-0.05, 0) is 12.5 Å². The molecule has 74 valence electrons. The van der Waals surface area contributed by atoms with Crippen molar-refractivity contribution in [1.82, 2.24) is 19.6 Å². The number of nitrogens with two attached hydrogens (primary N) is 1. The summed E-state index contributed by atoms with van der Waals surface area (Å²) in [5.74, 6) is 0.636. The van der Waals surface area contributed by atoms with Crippen molar-refractivity contribution in [1.29, 1.82) is 0 Å². The highest BCUT2D eigenvalue weighted by molar-refractivity contribution is 5.30. The lowest BCUT2D eigenvalue weighted by Crippen LogP contribution is -2.08. The first-order valence-corrected chi connectivity index (χ1v) is 4.73. The molecular weight excluding hydrogens is 178 g/mol. The molecule has 0 spiro atoms. The zero-order valence-electron chi connectivity index (χ0n) is 8.14. The summed E-state index contributed by atoms with van der Waals surface area (Å²) in [7, 11) is 0. The molecule has 0 radical (unpaired) electrons. The summed E-state index contributed by atoms with van der Waals surface area (Å²) in [6.45, 7) is 2.58. The second-order valence-electron chi connectivity index (χ2n) is 3.16. The average molecular weight is 191 g/mol. The second kappa shape index (κ2) is 3.71. The molecule has 14 heavy (non-hydrogen) atoms. The highest BCUT2D eigenvalue weighted by atomic mass is 15.3. The van der Waals surface area contributed by atoms with E-state index in [4.69, 9.17) is 5.73 Å². The molecule has 0 aliphatic carbocycles. The monoisotopic (exact) mass is 191 g/mol. The highest BCUT2D eigenvalue weighted by Gasteiger charge is 2.05. The highest BCUT2D eigenvalue weighted by Crippen LogP contribution is 2.06. The van der Waals surface area contributed by atoms with Crippen molar-refractivity contribution >= 4 is 5.78 Å². The lowest BCUT2D eigenvalue weighted by atomic mass is 10.2. The van der Waals surface area contributed by atoms with Crippen LogP contribution in [-0.2, 0) is 13.0 Å². The number of aryl methyl sites for hydroxylation is 1. The Bertz CT molecular complexity index is 434. The number of nitrogens with zero attached hydrogens (tertiary/aromatic N) is 4. The zero-order chi connectivity index (χ0) is 9.97. The largest absolute Gasteiger partial charge is 0.325 e. The van der Waals surface area contributed by atoms with E-state index in [1.165, 1.54) is 6.33 Å². The Hall–Kier alpha value is -1.49. The fourth-order valence-electron chi connectivity index (χ4n) is 1.46. The third kappa shape index (κ3) is 1.46. The Morgan fingerprint density at radius 1 is 1.50 bits per heavy atom. The molecule has 0 saturated heterocycles. The Morgan fingerprint density at radius 2 is 2.36 bits per heavy atom. The van der Waals surface area contributed by atoms with Crippen LogP contribution in [0.2, 0.25) is 0 Å². The van der Waals surface area contributed by atoms with E-state index in [2.05, 4.69) is 22.0 Å². The first-order valence-electron chi connectivity index (χ1n) is 4.73. The first-order chi connectivity index (χ1) is 6.85. The molecule has 0 aromatic carbocycles. The fourth-order valence-corrected chi connectivity index (χ4v) is 1.46. The predicted octanol–water partition coefficient (Wildman–Crippen LogP) is 0.536. The smallest absolute Gasteiger partial charge is 0.252 e. The van der Waals surface area contributed by atoms with Crippen molar-refractivity contribution < 1.29 is 0 Å². The van der Waals surface area contributed by atoms with Gasteiger partial charge in [0.15, 0.2) is 0 Å². The van der Waals surface area contributed by atoms with Crippen molar-refractivity contribution in [3.05, 3.63) is 23.8 Å². The maximum Gasteiger partial charge on any atom is 0.252 e. The van der Waals surface area contributed by atoms with E-state index in [0.29, 0.717) is 12.3 Å². The van der Waals surface area contributed by atoms with Gasteiger partial charge in [-0.2, -0.15) is 10.1 Å². The van der Waals surface area contributed by atoms with E-state index in [0.717, 1.165) is 24.2 Å². The van der Waals surface area contributed by atoms with Crippen molar-refractivity contribution in [2.45, 2.75) is 26.3 Å². The first kappa shape index (κ1) is 9.08. The standard InChI is InChI=1S/C9H13N5/c1-2-3-7-4-8(5-10)14-9(13-7)11-6-12-14/h4,6H,2-3,5,10H2,1H3. The summed E-state index contributed by atoms with van der Waals surface area (Å²) in [5.41, 5.74) is 7.61. The summed E-state index contributed by atoms with van der Waals surface area (Å²) >= 11 is 0. The molecule has 2 heterocycles. The summed E-state index contributed by atoms with van der Waals surface area (Å²) in [6, 6.07) is 1.99. The Labute approximate surface area is 82.0 Å². The summed E-state index contributed by atoms with van der Waals surface area (Å²) in [6.07, 6.45) is 3.52. The van der Waals surface area contributed by atoms with Gasteiger partial charge in [-0.1, -0.05) is 13.3 Å². The van der Waals surface area contributed by atoms with Gasteiger partial charge in [0, 0.05) is 12.2 Å². The van der Waals surface area contributed by atoms with Gasteiger partial charge >= 0.3 is 0 Å². The number of fused-ring (bicyclic) bond motifs is 1. The maximum absolute atomic E-state index is 5.62. The Kier molecular flexibility index (Phi) is 2.41. The quantitative estimate of drug-likeness (QED) is 0.768. The summed E-state index contributed by atoms with van der Waals surface area (Å²) in [4.78, 5) is 8.42. The van der Waals surface area contributed by atoms with Crippen LogP contribution >= 0.6 is 0 Å². The van der Waals surface area contributed by atoms with Crippen LogP contribution in [0, 0.1) is 0 Å². The minimum Gasteiger partial charge on any atom is -0.325 e. The molecule has 0 fully saturated rings. The van der Waals surface area contributed by atoms with E-state index >= 15 is 0 Å².